The number of nitrogens with one attached hydrogen (secondary N) is 1. The largest absolute Gasteiger partial charge is 0.454 e. The minimum atomic E-state index is -0.305. The van der Waals surface area contributed by atoms with E-state index in [1.165, 1.54) is 18.7 Å². The van der Waals surface area contributed by atoms with E-state index in [2.05, 4.69) is 10.3 Å². The van der Waals surface area contributed by atoms with Crippen molar-refractivity contribution in [3.8, 4) is 11.5 Å². The predicted octanol–water partition coefficient (Wildman–Crippen LogP) is 4.01. The van der Waals surface area contributed by atoms with Crippen molar-refractivity contribution in [3.63, 3.8) is 0 Å². The average Bonchev–Trinajstić information content (AvgIpc) is 3.23. The number of carbonyl (C=O) groups excluding carboxylic acids is 2. The van der Waals surface area contributed by atoms with Crippen LogP contribution in [-0.2, 0) is 4.79 Å². The van der Waals surface area contributed by atoms with E-state index in [1.54, 1.807) is 18.2 Å². The maximum atomic E-state index is 12.2. The number of hydrogen-bond acceptors (Lipinski definition) is 6. The highest BCUT2D eigenvalue weighted by molar-refractivity contribution is 8.18. The first kappa shape index (κ1) is 17.4. The third-order valence-corrected chi connectivity index (χ3v) is 5.10. The molecule has 1 amide bonds. The number of Topliss-reactive ketones (excluding diaryl/α,β-unsaturated/α-hetero) is 1. The number of amides is 1. The van der Waals surface area contributed by atoms with E-state index < -0.39 is 0 Å². The molecular formula is C20H16N2O4S. The SMILES string of the molecule is CC(=O)c1ccc(C)c(NC2=NC(=O)/C(=C/c3ccc4c(c3)OCO4)S2)c1. The predicted molar refractivity (Wildman–Crippen MR) is 105 cm³/mol. The van der Waals surface area contributed by atoms with Gasteiger partial charge in [-0.1, -0.05) is 18.2 Å². The molecule has 0 saturated carbocycles. The molecule has 0 radical (unpaired) electrons. The summed E-state index contributed by atoms with van der Waals surface area (Å²) in [5, 5.41) is 3.63. The lowest BCUT2D eigenvalue weighted by Crippen LogP contribution is -2.07. The molecule has 2 aliphatic rings. The number of aliphatic imine (C=N–C) groups is 1. The summed E-state index contributed by atoms with van der Waals surface area (Å²) in [6.07, 6.45) is 1.77. The molecule has 0 aromatic heterocycles. The van der Waals surface area contributed by atoms with Crippen LogP contribution in [0.15, 0.2) is 46.3 Å². The molecule has 7 heteroatoms. The van der Waals surface area contributed by atoms with Crippen LogP contribution in [0.2, 0.25) is 0 Å². The average molecular weight is 380 g/mol. The topological polar surface area (TPSA) is 77.0 Å². The van der Waals surface area contributed by atoms with Gasteiger partial charge in [-0.2, -0.15) is 4.99 Å². The van der Waals surface area contributed by atoms with Crippen LogP contribution in [0.4, 0.5) is 5.69 Å². The van der Waals surface area contributed by atoms with Crippen molar-refractivity contribution < 1.29 is 19.1 Å². The fraction of sp³-hybridized carbons (Fsp3) is 0.150. The summed E-state index contributed by atoms with van der Waals surface area (Å²) in [6, 6.07) is 10.9. The Bertz CT molecular complexity index is 1030. The van der Waals surface area contributed by atoms with E-state index >= 15 is 0 Å². The maximum absolute atomic E-state index is 12.2. The number of amidine groups is 1. The highest BCUT2D eigenvalue weighted by atomic mass is 32.2. The van der Waals surface area contributed by atoms with Gasteiger partial charge in [-0.05, 0) is 61.0 Å². The number of ether oxygens (including phenoxy) is 2. The summed E-state index contributed by atoms with van der Waals surface area (Å²) in [5.74, 6) is 1.04. The number of thioether (sulfide) groups is 1. The van der Waals surface area contributed by atoms with Crippen molar-refractivity contribution in [2.75, 3.05) is 12.1 Å². The Balaban J connectivity index is 1.53. The summed E-state index contributed by atoms with van der Waals surface area (Å²) in [6.45, 7) is 3.66. The monoisotopic (exact) mass is 380 g/mol. The van der Waals surface area contributed by atoms with Crippen molar-refractivity contribution in [3.05, 3.63) is 58.0 Å². The van der Waals surface area contributed by atoms with Gasteiger partial charge >= 0.3 is 0 Å². The molecule has 4 rings (SSSR count). The maximum Gasteiger partial charge on any atom is 0.286 e. The van der Waals surface area contributed by atoms with Crippen molar-refractivity contribution in [2.45, 2.75) is 13.8 Å². The van der Waals surface area contributed by atoms with Crippen LogP contribution in [0, 0.1) is 6.92 Å². The fourth-order valence-corrected chi connectivity index (χ4v) is 3.53. The van der Waals surface area contributed by atoms with Crippen LogP contribution in [0.5, 0.6) is 11.5 Å². The number of fused-ring (bicyclic) bond motifs is 1. The molecule has 0 fully saturated rings. The zero-order valence-corrected chi connectivity index (χ0v) is 15.6. The summed E-state index contributed by atoms with van der Waals surface area (Å²) in [4.78, 5) is 28.4. The van der Waals surface area contributed by atoms with Gasteiger partial charge in [0.05, 0.1) is 4.91 Å². The Hall–Kier alpha value is -3.06. The third kappa shape index (κ3) is 3.59. The number of benzene rings is 2. The Labute approximate surface area is 160 Å². The number of rotatable bonds is 3. The molecule has 2 aliphatic heterocycles. The molecule has 2 heterocycles. The lowest BCUT2D eigenvalue weighted by Gasteiger charge is -2.09. The summed E-state index contributed by atoms with van der Waals surface area (Å²) >= 11 is 1.26. The highest BCUT2D eigenvalue weighted by Gasteiger charge is 2.23. The number of aryl methyl sites for hydroxylation is 1. The van der Waals surface area contributed by atoms with Gasteiger partial charge in [0.2, 0.25) is 6.79 Å². The smallest absolute Gasteiger partial charge is 0.286 e. The zero-order valence-electron chi connectivity index (χ0n) is 14.7. The van der Waals surface area contributed by atoms with Gasteiger partial charge in [-0.25, -0.2) is 0 Å². The highest BCUT2D eigenvalue weighted by Crippen LogP contribution is 2.35. The molecule has 136 valence electrons. The van der Waals surface area contributed by atoms with E-state index in [0.29, 0.717) is 27.1 Å². The second kappa shape index (κ2) is 6.92. The first-order valence-corrected chi connectivity index (χ1v) is 9.12. The fourth-order valence-electron chi connectivity index (χ4n) is 2.71. The van der Waals surface area contributed by atoms with Crippen molar-refractivity contribution in [1.82, 2.24) is 0 Å². The van der Waals surface area contributed by atoms with Crippen LogP contribution >= 0.6 is 11.8 Å². The summed E-state index contributed by atoms with van der Waals surface area (Å²) < 4.78 is 10.7. The van der Waals surface area contributed by atoms with Gasteiger partial charge in [-0.3, -0.25) is 9.59 Å². The third-order valence-electron chi connectivity index (χ3n) is 4.20. The molecule has 0 spiro atoms. The summed E-state index contributed by atoms with van der Waals surface area (Å²) in [7, 11) is 0. The van der Waals surface area contributed by atoms with Gasteiger partial charge < -0.3 is 14.8 Å². The van der Waals surface area contributed by atoms with E-state index in [1.807, 2.05) is 31.2 Å². The number of hydrogen-bond donors (Lipinski definition) is 1. The van der Waals surface area contributed by atoms with Crippen LogP contribution < -0.4 is 14.8 Å². The van der Waals surface area contributed by atoms with Crippen LogP contribution in [-0.4, -0.2) is 23.7 Å². The molecule has 6 nitrogen and oxygen atoms in total. The normalized spacial score (nSPS) is 16.6. The molecule has 0 bridgehead atoms. The molecule has 1 N–H and O–H groups in total. The second-order valence-corrected chi connectivity index (χ2v) is 7.19. The Morgan fingerprint density at radius 1 is 1.19 bits per heavy atom. The number of carbonyl (C=O) groups is 2. The molecular weight excluding hydrogens is 364 g/mol. The van der Waals surface area contributed by atoms with E-state index in [0.717, 1.165) is 16.8 Å². The molecule has 2 aromatic carbocycles. The molecule has 27 heavy (non-hydrogen) atoms. The number of nitrogens with zero attached hydrogens (tertiary/aromatic N) is 1. The minimum absolute atomic E-state index is 0.0152. The van der Waals surface area contributed by atoms with Gasteiger partial charge in [0.15, 0.2) is 22.4 Å². The number of ketones is 1. The Morgan fingerprint density at radius 2 is 2.00 bits per heavy atom. The van der Waals surface area contributed by atoms with Crippen molar-refractivity contribution >= 4 is 40.4 Å². The van der Waals surface area contributed by atoms with E-state index in [9.17, 15) is 9.59 Å². The molecule has 0 saturated heterocycles. The second-order valence-electron chi connectivity index (χ2n) is 6.16. The molecule has 0 unspecified atom stereocenters. The first-order chi connectivity index (χ1) is 13.0. The zero-order chi connectivity index (χ0) is 19.0. The summed E-state index contributed by atoms with van der Waals surface area (Å²) in [5.41, 5.74) is 3.16. The van der Waals surface area contributed by atoms with Gasteiger partial charge in [0.25, 0.3) is 5.91 Å². The van der Waals surface area contributed by atoms with Crippen LogP contribution in [0.1, 0.15) is 28.4 Å². The Kier molecular flexibility index (Phi) is 4.45. The van der Waals surface area contributed by atoms with Crippen molar-refractivity contribution in [1.29, 1.82) is 0 Å². The first-order valence-electron chi connectivity index (χ1n) is 8.30. The Morgan fingerprint density at radius 3 is 2.81 bits per heavy atom. The van der Waals surface area contributed by atoms with Crippen LogP contribution in [0.3, 0.4) is 0 Å². The van der Waals surface area contributed by atoms with E-state index in [-0.39, 0.29) is 18.5 Å². The van der Waals surface area contributed by atoms with Crippen molar-refractivity contribution in [2.24, 2.45) is 4.99 Å². The lowest BCUT2D eigenvalue weighted by atomic mass is 10.1. The van der Waals surface area contributed by atoms with E-state index in [4.69, 9.17) is 9.47 Å². The van der Waals surface area contributed by atoms with Gasteiger partial charge in [0.1, 0.15) is 0 Å². The quantitative estimate of drug-likeness (QED) is 0.640. The van der Waals surface area contributed by atoms with Gasteiger partial charge in [0, 0.05) is 11.3 Å². The number of anilines is 1. The lowest BCUT2D eigenvalue weighted by molar-refractivity contribution is -0.113. The van der Waals surface area contributed by atoms with Gasteiger partial charge in [-0.15, -0.1) is 0 Å². The minimum Gasteiger partial charge on any atom is -0.454 e. The molecule has 0 aliphatic carbocycles. The molecule has 0 atom stereocenters. The standard InChI is InChI=1S/C20H16N2O4S/c1-11-3-5-14(12(2)23)9-15(11)21-20-22-19(24)18(27-20)8-13-4-6-16-17(7-13)26-10-25-16/h3-9H,10H2,1-2H3,(H,21,22,24)/b18-8-. The van der Waals surface area contributed by atoms with Crippen LogP contribution in [0.25, 0.3) is 6.08 Å². The molecule has 2 aromatic rings.